The van der Waals surface area contributed by atoms with Crippen LogP contribution in [0.15, 0.2) is 30.3 Å². The number of rotatable bonds is 5. The predicted molar refractivity (Wildman–Crippen MR) is 83.8 cm³/mol. The smallest absolute Gasteiger partial charge is 0.145 e. The van der Waals surface area contributed by atoms with Crippen LogP contribution in [0.5, 0.6) is 0 Å². The van der Waals surface area contributed by atoms with Crippen molar-refractivity contribution in [3.63, 3.8) is 0 Å². The Morgan fingerprint density at radius 3 is 2.40 bits per heavy atom. The second-order valence-corrected chi connectivity index (χ2v) is 5.10. The topological polar surface area (TPSA) is 41.1 Å². The maximum absolute atomic E-state index is 4.73. The van der Waals surface area contributed by atoms with E-state index >= 15 is 0 Å². The molecule has 0 saturated carbocycles. The van der Waals surface area contributed by atoms with E-state index in [2.05, 4.69) is 41.2 Å². The monoisotopic (exact) mass is 270 g/mol. The summed E-state index contributed by atoms with van der Waals surface area (Å²) in [5.41, 5.74) is 3.24. The molecule has 106 valence electrons. The Morgan fingerprint density at radius 2 is 1.80 bits per heavy atom. The Hall–Kier alpha value is -1.94. The zero-order valence-corrected chi connectivity index (χ0v) is 12.6. The van der Waals surface area contributed by atoms with Gasteiger partial charge in [0.25, 0.3) is 0 Å². The largest absolute Gasteiger partial charge is 0.370 e. The van der Waals surface area contributed by atoms with Gasteiger partial charge in [-0.2, -0.15) is 0 Å². The first-order valence-corrected chi connectivity index (χ1v) is 6.93. The molecule has 1 aromatic carbocycles. The fourth-order valence-corrected chi connectivity index (χ4v) is 2.13. The molecule has 0 saturated heterocycles. The Labute approximate surface area is 120 Å². The summed E-state index contributed by atoms with van der Waals surface area (Å²) in [6.45, 7) is 5.74. The van der Waals surface area contributed by atoms with E-state index in [1.54, 1.807) is 0 Å². The van der Waals surface area contributed by atoms with Crippen LogP contribution < -0.4 is 5.32 Å². The number of hydrogen-bond donors (Lipinski definition) is 1. The summed E-state index contributed by atoms with van der Waals surface area (Å²) in [5, 5.41) is 3.33. The lowest BCUT2D eigenvalue weighted by molar-refractivity contribution is 0.390. The van der Waals surface area contributed by atoms with E-state index in [0.717, 1.165) is 41.6 Å². The van der Waals surface area contributed by atoms with Crippen molar-refractivity contribution in [1.29, 1.82) is 0 Å². The number of nitrogens with one attached hydrogen (secondary N) is 1. The molecule has 4 nitrogen and oxygen atoms in total. The minimum atomic E-state index is 0.735. The molecule has 0 fully saturated rings. The van der Waals surface area contributed by atoms with Gasteiger partial charge in [-0.15, -0.1) is 0 Å². The van der Waals surface area contributed by atoms with Crippen molar-refractivity contribution in [2.75, 3.05) is 26.0 Å². The van der Waals surface area contributed by atoms with Crippen LogP contribution in [0.4, 0.5) is 5.82 Å². The molecule has 0 aliphatic rings. The number of anilines is 1. The summed E-state index contributed by atoms with van der Waals surface area (Å²) in [4.78, 5) is 11.4. The molecule has 1 heterocycles. The Morgan fingerprint density at radius 1 is 1.10 bits per heavy atom. The fraction of sp³-hybridized carbons (Fsp3) is 0.375. The molecule has 1 aromatic heterocycles. The zero-order valence-electron chi connectivity index (χ0n) is 12.6. The lowest BCUT2D eigenvalue weighted by Crippen LogP contribution is -2.16. The van der Waals surface area contributed by atoms with Gasteiger partial charge in [0.1, 0.15) is 11.6 Å². The van der Waals surface area contributed by atoms with Gasteiger partial charge in [0.2, 0.25) is 0 Å². The van der Waals surface area contributed by atoms with Gasteiger partial charge in [0.15, 0.2) is 0 Å². The first-order chi connectivity index (χ1) is 9.61. The van der Waals surface area contributed by atoms with Gasteiger partial charge in [-0.25, -0.2) is 9.97 Å². The van der Waals surface area contributed by atoms with Crippen molar-refractivity contribution in [2.45, 2.75) is 20.4 Å². The molecule has 0 radical (unpaired) electrons. The average molecular weight is 270 g/mol. The van der Waals surface area contributed by atoms with Crippen LogP contribution in [0.25, 0.3) is 11.3 Å². The van der Waals surface area contributed by atoms with Gasteiger partial charge < -0.3 is 10.2 Å². The van der Waals surface area contributed by atoms with Crippen molar-refractivity contribution >= 4 is 5.82 Å². The van der Waals surface area contributed by atoms with Crippen molar-refractivity contribution in [1.82, 2.24) is 14.9 Å². The molecular formula is C16H22N4. The summed E-state index contributed by atoms with van der Waals surface area (Å²) >= 11 is 0. The third-order valence-electron chi connectivity index (χ3n) is 3.04. The minimum absolute atomic E-state index is 0.735. The van der Waals surface area contributed by atoms with E-state index in [9.17, 15) is 0 Å². The standard InChI is InChI=1S/C16H22N4/c1-5-17-16-12(2)15(13-9-7-6-8-10-13)18-14(19-16)11-20(3)4/h6-10H,5,11H2,1-4H3,(H,17,18,19). The molecule has 0 amide bonds. The number of nitrogens with zero attached hydrogens (tertiary/aromatic N) is 3. The van der Waals surface area contributed by atoms with E-state index in [0.29, 0.717) is 0 Å². The van der Waals surface area contributed by atoms with E-state index in [1.807, 2.05) is 32.3 Å². The molecule has 20 heavy (non-hydrogen) atoms. The summed E-state index contributed by atoms with van der Waals surface area (Å²) in [5.74, 6) is 1.77. The lowest BCUT2D eigenvalue weighted by atomic mass is 10.1. The SMILES string of the molecule is CCNc1nc(CN(C)C)nc(-c2ccccc2)c1C. The fourth-order valence-electron chi connectivity index (χ4n) is 2.13. The quantitative estimate of drug-likeness (QED) is 0.907. The number of benzene rings is 1. The normalized spacial score (nSPS) is 10.8. The van der Waals surface area contributed by atoms with Crippen molar-refractivity contribution in [2.24, 2.45) is 0 Å². The van der Waals surface area contributed by atoms with Gasteiger partial charge in [0, 0.05) is 17.7 Å². The minimum Gasteiger partial charge on any atom is -0.370 e. The molecule has 0 bridgehead atoms. The van der Waals surface area contributed by atoms with Crippen molar-refractivity contribution in [3.05, 3.63) is 41.7 Å². The van der Waals surface area contributed by atoms with E-state index in [-0.39, 0.29) is 0 Å². The summed E-state index contributed by atoms with van der Waals surface area (Å²) in [6, 6.07) is 10.3. The van der Waals surface area contributed by atoms with Gasteiger partial charge in [-0.05, 0) is 27.9 Å². The predicted octanol–water partition coefficient (Wildman–Crippen LogP) is 2.95. The van der Waals surface area contributed by atoms with Gasteiger partial charge in [-0.1, -0.05) is 30.3 Å². The molecule has 0 spiro atoms. The number of aromatic nitrogens is 2. The highest BCUT2D eigenvalue weighted by atomic mass is 15.1. The second kappa shape index (κ2) is 6.48. The second-order valence-electron chi connectivity index (χ2n) is 5.10. The maximum Gasteiger partial charge on any atom is 0.145 e. The maximum atomic E-state index is 4.73. The van der Waals surface area contributed by atoms with Gasteiger partial charge >= 0.3 is 0 Å². The lowest BCUT2D eigenvalue weighted by Gasteiger charge is -2.15. The van der Waals surface area contributed by atoms with Gasteiger partial charge in [0.05, 0.1) is 12.2 Å². The van der Waals surface area contributed by atoms with Crippen molar-refractivity contribution in [3.8, 4) is 11.3 Å². The summed E-state index contributed by atoms with van der Waals surface area (Å²) in [7, 11) is 4.05. The first kappa shape index (κ1) is 14.5. The molecular weight excluding hydrogens is 248 g/mol. The number of hydrogen-bond acceptors (Lipinski definition) is 4. The van der Waals surface area contributed by atoms with Crippen LogP contribution >= 0.6 is 0 Å². The third-order valence-corrected chi connectivity index (χ3v) is 3.04. The summed E-state index contributed by atoms with van der Waals surface area (Å²) in [6.07, 6.45) is 0. The molecule has 0 aliphatic heterocycles. The molecule has 2 aromatic rings. The Kier molecular flexibility index (Phi) is 4.69. The molecule has 0 atom stereocenters. The third kappa shape index (κ3) is 3.33. The molecule has 0 aliphatic carbocycles. The van der Waals surface area contributed by atoms with Crippen LogP contribution in [-0.4, -0.2) is 35.5 Å². The molecule has 0 unspecified atom stereocenters. The highest BCUT2D eigenvalue weighted by molar-refractivity contribution is 5.68. The summed E-state index contributed by atoms with van der Waals surface area (Å²) < 4.78 is 0. The van der Waals surface area contributed by atoms with Gasteiger partial charge in [-0.3, -0.25) is 0 Å². The Balaban J connectivity index is 2.51. The van der Waals surface area contributed by atoms with E-state index in [1.165, 1.54) is 0 Å². The van der Waals surface area contributed by atoms with E-state index < -0.39 is 0 Å². The highest BCUT2D eigenvalue weighted by Crippen LogP contribution is 2.25. The molecule has 1 N–H and O–H groups in total. The van der Waals surface area contributed by atoms with Crippen LogP contribution in [0.2, 0.25) is 0 Å². The first-order valence-electron chi connectivity index (χ1n) is 6.93. The highest BCUT2D eigenvalue weighted by Gasteiger charge is 2.12. The van der Waals surface area contributed by atoms with Crippen LogP contribution in [0.3, 0.4) is 0 Å². The average Bonchev–Trinajstić information content (AvgIpc) is 2.43. The van der Waals surface area contributed by atoms with Crippen molar-refractivity contribution < 1.29 is 0 Å². The van der Waals surface area contributed by atoms with Crippen LogP contribution in [0.1, 0.15) is 18.3 Å². The Bertz CT molecular complexity index is 564. The van der Waals surface area contributed by atoms with E-state index in [4.69, 9.17) is 4.98 Å². The van der Waals surface area contributed by atoms with Crippen LogP contribution in [-0.2, 0) is 6.54 Å². The molecule has 2 rings (SSSR count). The van der Waals surface area contributed by atoms with Crippen LogP contribution in [0, 0.1) is 6.92 Å². The zero-order chi connectivity index (χ0) is 14.5. The molecule has 4 heteroatoms.